The Bertz CT molecular complexity index is 326. The predicted molar refractivity (Wildman–Crippen MR) is 76.1 cm³/mol. The standard InChI is InChI=1S/C17H24/c1-3-5-6-7-8-9-11-17-14-12-16(10-4-2)13-15-17/h2,12-15H,3,5-11H2,1H3. The third-order valence-electron chi connectivity index (χ3n) is 3.15. The third kappa shape index (κ3) is 6.17. The molecule has 0 aliphatic rings. The summed E-state index contributed by atoms with van der Waals surface area (Å²) in [5, 5.41) is 0. The number of aryl methyl sites for hydroxylation is 1. The summed E-state index contributed by atoms with van der Waals surface area (Å²) in [5.41, 5.74) is 2.69. The summed E-state index contributed by atoms with van der Waals surface area (Å²) in [6.45, 7) is 2.26. The number of benzene rings is 1. The van der Waals surface area contributed by atoms with Crippen LogP contribution in [0.25, 0.3) is 0 Å². The van der Waals surface area contributed by atoms with Crippen LogP contribution in [0.5, 0.6) is 0 Å². The Balaban J connectivity index is 2.17. The van der Waals surface area contributed by atoms with Crippen molar-refractivity contribution in [3.8, 4) is 12.3 Å². The third-order valence-corrected chi connectivity index (χ3v) is 3.15. The van der Waals surface area contributed by atoms with E-state index in [9.17, 15) is 0 Å². The maximum atomic E-state index is 5.29. The molecule has 0 radical (unpaired) electrons. The van der Waals surface area contributed by atoms with Crippen molar-refractivity contribution in [1.29, 1.82) is 0 Å². The molecule has 0 aromatic heterocycles. The van der Waals surface area contributed by atoms with Crippen molar-refractivity contribution in [1.82, 2.24) is 0 Å². The van der Waals surface area contributed by atoms with Crippen LogP contribution in [0.3, 0.4) is 0 Å². The summed E-state index contributed by atoms with van der Waals surface area (Å²) in [6.07, 6.45) is 15.4. The van der Waals surface area contributed by atoms with Crippen molar-refractivity contribution < 1.29 is 0 Å². The summed E-state index contributed by atoms with van der Waals surface area (Å²) >= 11 is 0. The van der Waals surface area contributed by atoms with E-state index in [1.54, 1.807) is 0 Å². The van der Waals surface area contributed by atoms with Gasteiger partial charge < -0.3 is 0 Å². The molecule has 1 aromatic rings. The number of hydrogen-bond acceptors (Lipinski definition) is 0. The maximum absolute atomic E-state index is 5.29. The first-order chi connectivity index (χ1) is 8.36. The van der Waals surface area contributed by atoms with Gasteiger partial charge in [0.05, 0.1) is 0 Å². The van der Waals surface area contributed by atoms with Crippen molar-refractivity contribution in [3.05, 3.63) is 35.4 Å². The Morgan fingerprint density at radius 1 is 0.882 bits per heavy atom. The summed E-state index contributed by atoms with van der Waals surface area (Å²) in [4.78, 5) is 0. The van der Waals surface area contributed by atoms with Crippen molar-refractivity contribution in [3.63, 3.8) is 0 Å². The fourth-order valence-electron chi connectivity index (χ4n) is 2.05. The molecular formula is C17H24. The summed E-state index contributed by atoms with van der Waals surface area (Å²) in [6, 6.07) is 8.76. The molecule has 0 spiro atoms. The zero-order valence-corrected chi connectivity index (χ0v) is 11.0. The first-order valence-corrected chi connectivity index (χ1v) is 6.88. The average molecular weight is 228 g/mol. The molecule has 0 heteroatoms. The van der Waals surface area contributed by atoms with E-state index in [2.05, 4.69) is 37.1 Å². The summed E-state index contributed by atoms with van der Waals surface area (Å²) < 4.78 is 0. The highest BCUT2D eigenvalue weighted by atomic mass is 14.0. The van der Waals surface area contributed by atoms with Gasteiger partial charge in [-0.3, -0.25) is 0 Å². The van der Waals surface area contributed by atoms with Crippen molar-refractivity contribution in [2.24, 2.45) is 0 Å². The lowest BCUT2D eigenvalue weighted by atomic mass is 10.0. The number of terminal acetylenes is 1. The first kappa shape index (κ1) is 13.8. The van der Waals surface area contributed by atoms with Gasteiger partial charge in [0.25, 0.3) is 0 Å². The van der Waals surface area contributed by atoms with Crippen LogP contribution in [0, 0.1) is 12.3 Å². The van der Waals surface area contributed by atoms with E-state index in [1.165, 1.54) is 56.1 Å². The largest absolute Gasteiger partial charge is 0.120 e. The highest BCUT2D eigenvalue weighted by Gasteiger charge is 1.95. The Labute approximate surface area is 106 Å². The zero-order valence-electron chi connectivity index (χ0n) is 11.0. The second-order valence-electron chi connectivity index (χ2n) is 4.72. The van der Waals surface area contributed by atoms with E-state index in [1.807, 2.05) is 0 Å². The maximum Gasteiger partial charge on any atom is 0.0337 e. The van der Waals surface area contributed by atoms with Gasteiger partial charge in [0.1, 0.15) is 0 Å². The predicted octanol–water partition coefficient (Wildman–Crippen LogP) is 4.77. The van der Waals surface area contributed by atoms with Crippen LogP contribution in [-0.2, 0) is 12.8 Å². The lowest BCUT2D eigenvalue weighted by Crippen LogP contribution is -1.88. The Morgan fingerprint density at radius 2 is 1.47 bits per heavy atom. The van der Waals surface area contributed by atoms with Gasteiger partial charge in [0.2, 0.25) is 0 Å². The quantitative estimate of drug-likeness (QED) is 0.444. The molecule has 1 rings (SSSR count). The SMILES string of the molecule is C#CCc1ccc(CCCCCCCC)cc1. The Morgan fingerprint density at radius 3 is 2.12 bits per heavy atom. The number of hydrogen-bond donors (Lipinski definition) is 0. The molecule has 0 amide bonds. The minimum absolute atomic E-state index is 0.747. The first-order valence-electron chi connectivity index (χ1n) is 6.88. The van der Waals surface area contributed by atoms with Crippen LogP contribution in [0.15, 0.2) is 24.3 Å². The summed E-state index contributed by atoms with van der Waals surface area (Å²) in [5.74, 6) is 2.68. The van der Waals surface area contributed by atoms with Gasteiger partial charge in [0.15, 0.2) is 0 Å². The molecule has 0 aliphatic heterocycles. The van der Waals surface area contributed by atoms with Crippen LogP contribution in [0.4, 0.5) is 0 Å². The monoisotopic (exact) mass is 228 g/mol. The molecule has 17 heavy (non-hydrogen) atoms. The summed E-state index contributed by atoms with van der Waals surface area (Å²) in [7, 11) is 0. The van der Waals surface area contributed by atoms with Gasteiger partial charge in [0, 0.05) is 6.42 Å². The Hall–Kier alpha value is -1.22. The van der Waals surface area contributed by atoms with Gasteiger partial charge in [-0.1, -0.05) is 63.3 Å². The Kier molecular flexibility index (Phi) is 7.23. The van der Waals surface area contributed by atoms with Crippen molar-refractivity contribution in [2.45, 2.75) is 58.3 Å². The van der Waals surface area contributed by atoms with Crippen LogP contribution in [-0.4, -0.2) is 0 Å². The molecule has 0 saturated carbocycles. The van der Waals surface area contributed by atoms with Gasteiger partial charge in [-0.2, -0.15) is 0 Å². The van der Waals surface area contributed by atoms with Crippen LogP contribution < -0.4 is 0 Å². The molecule has 0 nitrogen and oxygen atoms in total. The van der Waals surface area contributed by atoms with E-state index < -0.39 is 0 Å². The average Bonchev–Trinajstić information content (AvgIpc) is 2.36. The highest BCUT2D eigenvalue weighted by Crippen LogP contribution is 2.11. The molecule has 92 valence electrons. The molecular weight excluding hydrogens is 204 g/mol. The van der Waals surface area contributed by atoms with Crippen LogP contribution in [0.2, 0.25) is 0 Å². The second-order valence-corrected chi connectivity index (χ2v) is 4.72. The van der Waals surface area contributed by atoms with Gasteiger partial charge in [-0.05, 0) is 24.0 Å². The molecule has 0 heterocycles. The van der Waals surface area contributed by atoms with E-state index >= 15 is 0 Å². The van der Waals surface area contributed by atoms with E-state index in [0.717, 1.165) is 6.42 Å². The van der Waals surface area contributed by atoms with E-state index in [4.69, 9.17) is 6.42 Å². The van der Waals surface area contributed by atoms with Crippen molar-refractivity contribution in [2.75, 3.05) is 0 Å². The topological polar surface area (TPSA) is 0 Å². The number of rotatable bonds is 8. The molecule has 0 bridgehead atoms. The van der Waals surface area contributed by atoms with Crippen LogP contribution >= 0.6 is 0 Å². The second kappa shape index (κ2) is 8.88. The highest BCUT2D eigenvalue weighted by molar-refractivity contribution is 5.25. The minimum Gasteiger partial charge on any atom is -0.120 e. The van der Waals surface area contributed by atoms with Gasteiger partial charge in [-0.15, -0.1) is 12.3 Å². The van der Waals surface area contributed by atoms with Crippen LogP contribution in [0.1, 0.15) is 56.6 Å². The van der Waals surface area contributed by atoms with E-state index in [0.29, 0.717) is 0 Å². The lowest BCUT2D eigenvalue weighted by molar-refractivity contribution is 0.607. The van der Waals surface area contributed by atoms with Crippen molar-refractivity contribution >= 4 is 0 Å². The molecule has 0 N–H and O–H groups in total. The van der Waals surface area contributed by atoms with Gasteiger partial charge >= 0.3 is 0 Å². The molecule has 0 fully saturated rings. The smallest absolute Gasteiger partial charge is 0.0337 e. The molecule has 1 aromatic carbocycles. The normalized spacial score (nSPS) is 10.1. The lowest BCUT2D eigenvalue weighted by Gasteiger charge is -2.03. The zero-order chi connectivity index (χ0) is 12.3. The fraction of sp³-hybridized carbons (Fsp3) is 0.529. The molecule has 0 aliphatic carbocycles. The fourth-order valence-corrected chi connectivity index (χ4v) is 2.05. The molecule has 0 saturated heterocycles. The van der Waals surface area contributed by atoms with Gasteiger partial charge in [-0.25, -0.2) is 0 Å². The number of unbranched alkanes of at least 4 members (excludes halogenated alkanes) is 5. The molecule has 0 unspecified atom stereocenters. The minimum atomic E-state index is 0.747. The van der Waals surface area contributed by atoms with E-state index in [-0.39, 0.29) is 0 Å². The molecule has 0 atom stereocenters.